The Morgan fingerprint density at radius 3 is 2.80 bits per heavy atom. The predicted octanol–water partition coefficient (Wildman–Crippen LogP) is 1.22. The zero-order chi connectivity index (χ0) is 9.42. The van der Waals surface area contributed by atoms with E-state index in [9.17, 15) is 4.79 Å². The Balaban J connectivity index is 0.000000980. The number of nitrogens with one attached hydrogen (secondary N) is 1. The molecule has 0 aliphatic carbocycles. The number of fused-ring (bicyclic) bond motifs is 1. The summed E-state index contributed by atoms with van der Waals surface area (Å²) in [5.74, 6) is -0.467. The summed E-state index contributed by atoms with van der Waals surface area (Å²) >= 11 is 0. The topological polar surface area (TPSA) is 71.8 Å². The Morgan fingerprint density at radius 2 is 2.20 bits per heavy atom. The number of rotatable bonds is 1. The molecule has 3 N–H and O–H groups in total. The first-order chi connectivity index (χ1) is 6.20. The van der Waals surface area contributed by atoms with Crippen molar-refractivity contribution in [1.29, 1.82) is 0 Å². The maximum atomic E-state index is 11.0. The van der Waals surface area contributed by atoms with E-state index in [1.165, 1.54) is 0 Å². The number of primary amides is 1. The molecule has 1 radical (unpaired) electrons. The zero-order valence-electron chi connectivity index (χ0n) is 8.66. The number of hydrogen-bond acceptors (Lipinski definition) is 2. The van der Waals surface area contributed by atoms with Gasteiger partial charge in [-0.1, -0.05) is 5.39 Å². The monoisotopic (exact) mass is 278 g/mol. The molecule has 0 fully saturated rings. The predicted molar refractivity (Wildman–Crippen MR) is 54.6 cm³/mol. The SMILES string of the molecule is Cc1n[nH]c2c(C(N)=O)c[c-]cc12.[CH3-].[Y]. The molecule has 0 saturated carbocycles. The summed E-state index contributed by atoms with van der Waals surface area (Å²) in [5.41, 5.74) is 7.14. The van der Waals surface area contributed by atoms with Crippen LogP contribution >= 0.6 is 0 Å². The fourth-order valence-electron chi connectivity index (χ4n) is 1.30. The standard InChI is InChI=1S/C9H8N3O.CH3.Y/c1-5-6-3-2-4-7(9(10)13)8(6)12-11-5;;/h3-4H,1H3,(H2,10,13)(H,11,12);1H3;/q2*-1;. The van der Waals surface area contributed by atoms with Gasteiger partial charge < -0.3 is 18.3 Å². The number of carbonyl (C=O) groups excluding carboxylic acids is 1. The second-order valence-corrected chi connectivity index (χ2v) is 2.83. The Bertz CT molecular complexity index is 478. The van der Waals surface area contributed by atoms with Crippen LogP contribution in [0.25, 0.3) is 10.9 Å². The van der Waals surface area contributed by atoms with E-state index in [4.69, 9.17) is 5.73 Å². The van der Waals surface area contributed by atoms with Crippen LogP contribution in [0.3, 0.4) is 0 Å². The van der Waals surface area contributed by atoms with E-state index in [0.29, 0.717) is 11.1 Å². The summed E-state index contributed by atoms with van der Waals surface area (Å²) in [6, 6.07) is 6.19. The van der Waals surface area contributed by atoms with E-state index in [0.717, 1.165) is 11.1 Å². The minimum absolute atomic E-state index is 0. The molecule has 0 aliphatic rings. The maximum Gasteiger partial charge on any atom is 0.194 e. The van der Waals surface area contributed by atoms with Gasteiger partial charge in [0.1, 0.15) is 0 Å². The molecule has 0 atom stereocenters. The van der Waals surface area contributed by atoms with Crippen LogP contribution in [-0.4, -0.2) is 16.1 Å². The fourth-order valence-corrected chi connectivity index (χ4v) is 1.30. The first kappa shape index (κ1) is 14.3. The summed E-state index contributed by atoms with van der Waals surface area (Å²) in [6.45, 7) is 1.86. The van der Waals surface area contributed by atoms with E-state index < -0.39 is 5.91 Å². The molecule has 0 unspecified atom stereocenters. The van der Waals surface area contributed by atoms with Gasteiger partial charge in [0.2, 0.25) is 0 Å². The number of nitrogens with two attached hydrogens (primary N) is 1. The molecule has 1 amide bonds. The van der Waals surface area contributed by atoms with Gasteiger partial charge in [-0.3, -0.25) is 4.79 Å². The van der Waals surface area contributed by atoms with Crippen molar-refractivity contribution in [3.8, 4) is 0 Å². The van der Waals surface area contributed by atoms with Gasteiger partial charge in [0, 0.05) is 38.4 Å². The van der Waals surface area contributed by atoms with Crippen LogP contribution in [0.1, 0.15) is 16.1 Å². The molecule has 0 spiro atoms. The maximum absolute atomic E-state index is 11.0. The van der Waals surface area contributed by atoms with E-state index in [-0.39, 0.29) is 40.1 Å². The zero-order valence-corrected chi connectivity index (χ0v) is 11.5. The molecule has 0 aliphatic heterocycles. The molecule has 2 aromatic rings. The number of nitrogens with zero attached hydrogens (tertiary/aromatic N) is 1. The van der Waals surface area contributed by atoms with Crippen LogP contribution in [0, 0.1) is 20.4 Å². The van der Waals surface area contributed by atoms with Gasteiger partial charge in [0.25, 0.3) is 0 Å². The number of hydrogen-bond donors (Lipinski definition) is 2. The summed E-state index contributed by atoms with van der Waals surface area (Å²) in [6.07, 6.45) is 0. The van der Waals surface area contributed by atoms with Gasteiger partial charge in [0.05, 0.1) is 0 Å². The minimum atomic E-state index is -0.467. The number of aromatic amines is 1. The van der Waals surface area contributed by atoms with Crippen LogP contribution in [0.5, 0.6) is 0 Å². The van der Waals surface area contributed by atoms with Gasteiger partial charge in [-0.2, -0.15) is 23.3 Å². The third-order valence-corrected chi connectivity index (χ3v) is 1.98. The smallest absolute Gasteiger partial charge is 0.194 e. The van der Waals surface area contributed by atoms with Crippen molar-refractivity contribution in [1.82, 2.24) is 10.2 Å². The Labute approximate surface area is 113 Å². The van der Waals surface area contributed by atoms with Crippen molar-refractivity contribution in [3.05, 3.63) is 36.9 Å². The first-order valence-electron chi connectivity index (χ1n) is 3.84. The summed E-state index contributed by atoms with van der Waals surface area (Å²) < 4.78 is 0. The number of amides is 1. The van der Waals surface area contributed by atoms with Crippen molar-refractivity contribution in [3.63, 3.8) is 0 Å². The molecule has 0 saturated heterocycles. The van der Waals surface area contributed by atoms with E-state index >= 15 is 0 Å². The molecule has 1 aromatic heterocycles. The number of benzene rings is 1. The molecule has 1 aromatic carbocycles. The van der Waals surface area contributed by atoms with E-state index in [1.54, 1.807) is 12.1 Å². The van der Waals surface area contributed by atoms with E-state index in [1.807, 2.05) is 6.92 Å². The van der Waals surface area contributed by atoms with Gasteiger partial charge in [-0.25, -0.2) is 0 Å². The van der Waals surface area contributed by atoms with E-state index in [2.05, 4.69) is 16.3 Å². The van der Waals surface area contributed by atoms with Crippen molar-refractivity contribution in [2.75, 3.05) is 0 Å². The summed E-state index contributed by atoms with van der Waals surface area (Å²) in [7, 11) is 0. The number of carbonyl (C=O) groups is 1. The quantitative estimate of drug-likeness (QED) is 0.770. The van der Waals surface area contributed by atoms with Crippen LogP contribution in [0.15, 0.2) is 12.1 Å². The van der Waals surface area contributed by atoms with Crippen LogP contribution in [0.4, 0.5) is 0 Å². The third-order valence-electron chi connectivity index (χ3n) is 1.98. The molecule has 1 heterocycles. The Hall–Kier alpha value is -0.736. The second-order valence-electron chi connectivity index (χ2n) is 2.83. The Kier molecular flexibility index (Phi) is 5.11. The molecule has 77 valence electrons. The summed E-state index contributed by atoms with van der Waals surface area (Å²) in [5, 5.41) is 7.64. The van der Waals surface area contributed by atoms with Gasteiger partial charge in [0.15, 0.2) is 5.91 Å². The third kappa shape index (κ3) is 2.44. The van der Waals surface area contributed by atoms with Crippen molar-refractivity contribution in [2.45, 2.75) is 6.92 Å². The van der Waals surface area contributed by atoms with Crippen molar-refractivity contribution in [2.24, 2.45) is 5.73 Å². The molecular weight excluding hydrogens is 267 g/mol. The van der Waals surface area contributed by atoms with Crippen molar-refractivity contribution < 1.29 is 37.5 Å². The van der Waals surface area contributed by atoms with Crippen LogP contribution in [0.2, 0.25) is 0 Å². The Morgan fingerprint density at radius 1 is 1.53 bits per heavy atom. The number of H-pyrrole nitrogens is 1. The molecule has 15 heavy (non-hydrogen) atoms. The number of aryl methyl sites for hydroxylation is 1. The average Bonchev–Trinajstić information content (AvgIpc) is 2.48. The van der Waals surface area contributed by atoms with Crippen LogP contribution < -0.4 is 5.73 Å². The van der Waals surface area contributed by atoms with Gasteiger partial charge in [-0.15, -0.1) is 0 Å². The van der Waals surface area contributed by atoms with Gasteiger partial charge >= 0.3 is 0 Å². The molecule has 5 heteroatoms. The molecule has 2 rings (SSSR count). The van der Waals surface area contributed by atoms with Gasteiger partial charge in [-0.05, 0) is 18.0 Å². The average molecular weight is 278 g/mol. The molecule has 4 nitrogen and oxygen atoms in total. The minimum Gasteiger partial charge on any atom is -0.376 e. The first-order valence-corrected chi connectivity index (χ1v) is 3.84. The molecular formula is C10H11N3OY-2. The van der Waals surface area contributed by atoms with Crippen molar-refractivity contribution >= 4 is 16.8 Å². The molecule has 0 bridgehead atoms. The largest absolute Gasteiger partial charge is 0.376 e. The normalized spacial score (nSPS) is 9.13. The fraction of sp³-hybridized carbons (Fsp3) is 0.100. The summed E-state index contributed by atoms with van der Waals surface area (Å²) in [4.78, 5) is 11.0. The second kappa shape index (κ2) is 5.38. The number of aromatic nitrogens is 2. The van der Waals surface area contributed by atoms with Crippen LogP contribution in [-0.2, 0) is 32.7 Å².